The van der Waals surface area contributed by atoms with Crippen molar-refractivity contribution in [2.45, 2.75) is 25.8 Å². The number of halogens is 1. The van der Waals surface area contributed by atoms with Gasteiger partial charge in [0.25, 0.3) is 0 Å². The van der Waals surface area contributed by atoms with Crippen LogP contribution in [0.25, 0.3) is 0 Å². The van der Waals surface area contributed by atoms with Gasteiger partial charge in [0.1, 0.15) is 0 Å². The fraction of sp³-hybridized carbons (Fsp3) is 0.500. The Morgan fingerprint density at radius 2 is 2.27 bits per heavy atom. The van der Waals surface area contributed by atoms with Gasteiger partial charge >= 0.3 is 0 Å². The average molecular weight is 288 g/mol. The Balaban J connectivity index is 2.34. The monoisotopic (exact) mass is 287 g/mol. The van der Waals surface area contributed by atoms with E-state index in [0.717, 1.165) is 17.3 Å². The first-order valence-electron chi connectivity index (χ1n) is 5.30. The maximum absolute atomic E-state index is 6.07. The molecule has 0 spiro atoms. The van der Waals surface area contributed by atoms with Gasteiger partial charge in [0.05, 0.1) is 0 Å². The molecule has 1 aromatic rings. The van der Waals surface area contributed by atoms with E-state index in [9.17, 15) is 0 Å². The van der Waals surface area contributed by atoms with Crippen LogP contribution in [0.4, 0.5) is 0 Å². The van der Waals surface area contributed by atoms with Gasteiger partial charge in [0.2, 0.25) is 0 Å². The molecule has 0 heterocycles. The van der Waals surface area contributed by atoms with Crippen LogP contribution >= 0.6 is 27.7 Å². The summed E-state index contributed by atoms with van der Waals surface area (Å²) in [6.45, 7) is 2.19. The first-order valence-corrected chi connectivity index (χ1v) is 7.25. The quantitative estimate of drug-likeness (QED) is 0.811. The molecular formula is C12H18BrNS. The second-order valence-corrected chi connectivity index (χ2v) is 5.89. The maximum atomic E-state index is 6.07. The normalized spacial score (nSPS) is 12.7. The van der Waals surface area contributed by atoms with Crippen LogP contribution < -0.4 is 5.73 Å². The Bertz CT molecular complexity index is 291. The van der Waals surface area contributed by atoms with Crippen LogP contribution in [-0.2, 0) is 6.42 Å². The lowest BCUT2D eigenvalue weighted by Crippen LogP contribution is -2.23. The molecule has 3 heteroatoms. The lowest BCUT2D eigenvalue weighted by atomic mass is 10.1. The summed E-state index contributed by atoms with van der Waals surface area (Å²) in [4.78, 5) is 0. The van der Waals surface area contributed by atoms with Crippen LogP contribution in [0.1, 0.15) is 18.9 Å². The molecule has 1 nitrogen and oxygen atoms in total. The van der Waals surface area contributed by atoms with Crippen LogP contribution in [0.2, 0.25) is 0 Å². The van der Waals surface area contributed by atoms with Crippen LogP contribution in [0.3, 0.4) is 0 Å². The van der Waals surface area contributed by atoms with Crippen molar-refractivity contribution in [3.63, 3.8) is 0 Å². The number of nitrogens with two attached hydrogens (primary N) is 1. The van der Waals surface area contributed by atoms with Crippen LogP contribution in [0, 0.1) is 0 Å². The number of hydrogen-bond acceptors (Lipinski definition) is 2. The van der Waals surface area contributed by atoms with E-state index in [1.54, 1.807) is 0 Å². The SMILES string of the molecule is CCSCCC(N)Cc1cccc(Br)c1. The predicted octanol–water partition coefficient (Wildman–Crippen LogP) is 3.46. The van der Waals surface area contributed by atoms with E-state index in [0.29, 0.717) is 6.04 Å². The lowest BCUT2D eigenvalue weighted by Gasteiger charge is -2.11. The molecule has 0 aromatic heterocycles. The van der Waals surface area contributed by atoms with E-state index in [2.05, 4.69) is 41.1 Å². The average Bonchev–Trinajstić information content (AvgIpc) is 2.18. The zero-order valence-corrected chi connectivity index (χ0v) is 11.5. The molecule has 84 valence electrons. The van der Waals surface area contributed by atoms with E-state index >= 15 is 0 Å². The third-order valence-electron chi connectivity index (χ3n) is 2.22. The van der Waals surface area contributed by atoms with Gasteiger partial charge in [-0.15, -0.1) is 0 Å². The number of benzene rings is 1. The molecule has 0 radical (unpaired) electrons. The minimum atomic E-state index is 0.290. The summed E-state index contributed by atoms with van der Waals surface area (Å²) in [6, 6.07) is 8.68. The molecule has 0 fully saturated rings. The highest BCUT2D eigenvalue weighted by Crippen LogP contribution is 2.14. The lowest BCUT2D eigenvalue weighted by molar-refractivity contribution is 0.651. The zero-order valence-electron chi connectivity index (χ0n) is 9.08. The van der Waals surface area contributed by atoms with Gasteiger partial charge in [-0.1, -0.05) is 35.0 Å². The molecule has 0 aliphatic rings. The molecule has 1 atom stereocenters. The highest BCUT2D eigenvalue weighted by atomic mass is 79.9. The zero-order chi connectivity index (χ0) is 11.1. The van der Waals surface area contributed by atoms with E-state index in [1.165, 1.54) is 17.1 Å². The summed E-state index contributed by atoms with van der Waals surface area (Å²) in [6.07, 6.45) is 2.08. The van der Waals surface area contributed by atoms with Gasteiger partial charge in [0, 0.05) is 10.5 Å². The van der Waals surface area contributed by atoms with Crippen LogP contribution in [0.15, 0.2) is 28.7 Å². The standard InChI is InChI=1S/C12H18BrNS/c1-2-15-7-6-12(14)9-10-4-3-5-11(13)8-10/h3-5,8,12H,2,6-7,9,14H2,1H3. The summed E-state index contributed by atoms with van der Waals surface area (Å²) in [5, 5.41) is 0. The van der Waals surface area contributed by atoms with Crippen molar-refractivity contribution in [3.8, 4) is 0 Å². The second-order valence-electron chi connectivity index (χ2n) is 3.58. The minimum Gasteiger partial charge on any atom is -0.327 e. The number of rotatable bonds is 6. The molecule has 1 aromatic carbocycles. The maximum Gasteiger partial charge on any atom is 0.0178 e. The van der Waals surface area contributed by atoms with Crippen molar-refractivity contribution < 1.29 is 0 Å². The van der Waals surface area contributed by atoms with Gasteiger partial charge in [0.15, 0.2) is 0 Å². The number of hydrogen-bond donors (Lipinski definition) is 1. The molecule has 0 bridgehead atoms. The Kier molecular flexibility index (Phi) is 6.37. The van der Waals surface area contributed by atoms with E-state index in [-0.39, 0.29) is 0 Å². The third kappa shape index (κ3) is 5.59. The summed E-state index contributed by atoms with van der Waals surface area (Å²) >= 11 is 5.43. The first kappa shape index (κ1) is 13.1. The molecule has 0 saturated carbocycles. The Hall–Kier alpha value is 0.01000. The first-order chi connectivity index (χ1) is 7.22. The molecule has 0 aliphatic heterocycles. The van der Waals surface area contributed by atoms with Gasteiger partial charge in [-0.25, -0.2) is 0 Å². The minimum absolute atomic E-state index is 0.290. The van der Waals surface area contributed by atoms with Crippen LogP contribution in [0.5, 0.6) is 0 Å². The van der Waals surface area contributed by atoms with Crippen molar-refractivity contribution in [1.82, 2.24) is 0 Å². The fourth-order valence-electron chi connectivity index (χ4n) is 1.45. The second kappa shape index (κ2) is 7.31. The molecule has 2 N–H and O–H groups in total. The number of thioether (sulfide) groups is 1. The Morgan fingerprint density at radius 3 is 2.93 bits per heavy atom. The van der Waals surface area contributed by atoms with Crippen molar-refractivity contribution in [2.24, 2.45) is 5.73 Å². The van der Waals surface area contributed by atoms with Crippen molar-refractivity contribution in [1.29, 1.82) is 0 Å². The smallest absolute Gasteiger partial charge is 0.0178 e. The summed E-state index contributed by atoms with van der Waals surface area (Å²) in [5.41, 5.74) is 7.39. The molecule has 1 rings (SSSR count). The Morgan fingerprint density at radius 1 is 1.47 bits per heavy atom. The summed E-state index contributed by atoms with van der Waals surface area (Å²) < 4.78 is 1.13. The van der Waals surface area contributed by atoms with E-state index in [4.69, 9.17) is 5.73 Å². The highest BCUT2D eigenvalue weighted by molar-refractivity contribution is 9.10. The largest absolute Gasteiger partial charge is 0.327 e. The van der Waals surface area contributed by atoms with Crippen molar-refractivity contribution >= 4 is 27.7 Å². The van der Waals surface area contributed by atoms with Gasteiger partial charge in [-0.3, -0.25) is 0 Å². The predicted molar refractivity (Wildman–Crippen MR) is 73.4 cm³/mol. The van der Waals surface area contributed by atoms with E-state index < -0.39 is 0 Å². The molecule has 0 saturated heterocycles. The van der Waals surface area contributed by atoms with Crippen molar-refractivity contribution in [3.05, 3.63) is 34.3 Å². The summed E-state index contributed by atoms with van der Waals surface area (Å²) in [5.74, 6) is 2.36. The highest BCUT2D eigenvalue weighted by Gasteiger charge is 2.04. The fourth-order valence-corrected chi connectivity index (χ4v) is 2.65. The topological polar surface area (TPSA) is 26.0 Å². The molecule has 1 unspecified atom stereocenters. The van der Waals surface area contributed by atoms with Crippen molar-refractivity contribution in [2.75, 3.05) is 11.5 Å². The Labute approximate surface area is 105 Å². The van der Waals surface area contributed by atoms with Crippen LogP contribution in [-0.4, -0.2) is 17.5 Å². The molecule has 0 aliphatic carbocycles. The van der Waals surface area contributed by atoms with Gasteiger partial charge in [-0.2, -0.15) is 11.8 Å². The molecular weight excluding hydrogens is 270 g/mol. The van der Waals surface area contributed by atoms with Gasteiger partial charge in [-0.05, 0) is 42.0 Å². The molecule has 0 amide bonds. The summed E-state index contributed by atoms with van der Waals surface area (Å²) in [7, 11) is 0. The molecule has 15 heavy (non-hydrogen) atoms. The van der Waals surface area contributed by atoms with Gasteiger partial charge < -0.3 is 5.73 Å². The third-order valence-corrected chi connectivity index (χ3v) is 3.65. The van der Waals surface area contributed by atoms with E-state index in [1.807, 2.05) is 17.8 Å².